The third-order valence-corrected chi connectivity index (χ3v) is 17.0. The first kappa shape index (κ1) is 71.4. The number of hydrogen-bond acceptors (Lipinski definition) is 6. The molecule has 3 unspecified atom stereocenters. The van der Waals surface area contributed by atoms with E-state index < -0.39 is 11.8 Å². The van der Waals surface area contributed by atoms with Crippen LogP contribution in [0.1, 0.15) is 387 Å². The van der Waals surface area contributed by atoms with Crippen LogP contribution in [0.25, 0.3) is 0 Å². The first-order valence-corrected chi connectivity index (χ1v) is 34.5. The molecule has 0 radical (unpaired) electrons. The molecule has 0 aromatic rings. The van der Waals surface area contributed by atoms with E-state index in [1.54, 1.807) is 0 Å². The first-order valence-electron chi connectivity index (χ1n) is 34.5. The average Bonchev–Trinajstić information content (AvgIpc) is 3.42. The van der Waals surface area contributed by atoms with Gasteiger partial charge in [0, 0.05) is 0 Å². The molecule has 6 heteroatoms. The van der Waals surface area contributed by atoms with Crippen molar-refractivity contribution >= 4 is 17.9 Å². The average molecular weight is 1060 g/mol. The number of unbranched alkanes of at least 4 members (excludes halogenated alkanes) is 51. The number of ether oxygens (including phenoxy) is 3. The lowest BCUT2D eigenvalue weighted by Gasteiger charge is -2.32. The van der Waals surface area contributed by atoms with Crippen LogP contribution in [0, 0.1) is 17.8 Å². The standard InChI is InChI=1S/C69H132O6/c1-4-7-10-13-16-19-22-25-28-31-34-37-40-43-46-49-52-55-60-73-67(70)64-58-59-65(68(71)74-61-56-53-50-47-44-41-38-35-32-29-26-23-20-17-14-11-8-5-2)66(63-64)69(72)75-62-57-54-51-48-45-42-39-36-33-30-27-24-21-18-15-12-9-6-3/h64-66H,4-63H2,1-3H3. The van der Waals surface area contributed by atoms with Crippen molar-refractivity contribution in [1.82, 2.24) is 0 Å². The lowest BCUT2D eigenvalue weighted by atomic mass is 9.74. The molecule has 3 atom stereocenters. The van der Waals surface area contributed by atoms with Crippen molar-refractivity contribution < 1.29 is 28.6 Å². The van der Waals surface area contributed by atoms with Crippen molar-refractivity contribution in [2.24, 2.45) is 17.8 Å². The molecule has 444 valence electrons. The Kier molecular flexibility index (Phi) is 55.8. The number of carbonyl (C=O) groups excluding carboxylic acids is 3. The van der Waals surface area contributed by atoms with E-state index in [0.29, 0.717) is 39.1 Å². The molecule has 75 heavy (non-hydrogen) atoms. The zero-order valence-corrected chi connectivity index (χ0v) is 51.1. The summed E-state index contributed by atoms with van der Waals surface area (Å²) in [6, 6.07) is 0. The van der Waals surface area contributed by atoms with E-state index in [9.17, 15) is 14.4 Å². The fourth-order valence-corrected chi connectivity index (χ4v) is 11.8. The molecular weight excluding hydrogens is 925 g/mol. The lowest BCUT2D eigenvalue weighted by Crippen LogP contribution is -2.40. The molecule has 0 saturated heterocycles. The highest BCUT2D eigenvalue weighted by molar-refractivity contribution is 5.83. The Labute approximate surface area is 468 Å². The molecule has 1 fully saturated rings. The van der Waals surface area contributed by atoms with Gasteiger partial charge in [0.2, 0.25) is 0 Å². The summed E-state index contributed by atoms with van der Waals surface area (Å²) < 4.78 is 17.5. The minimum atomic E-state index is -0.648. The lowest BCUT2D eigenvalue weighted by molar-refractivity contribution is -0.167. The van der Waals surface area contributed by atoms with Crippen molar-refractivity contribution in [3.05, 3.63) is 0 Å². The summed E-state index contributed by atoms with van der Waals surface area (Å²) in [6.07, 6.45) is 72.8. The minimum absolute atomic E-state index is 0.214. The van der Waals surface area contributed by atoms with Gasteiger partial charge in [-0.2, -0.15) is 0 Å². The normalized spacial score (nSPS) is 15.6. The Balaban J connectivity index is 2.32. The Morgan fingerprint density at radius 1 is 0.240 bits per heavy atom. The fourth-order valence-electron chi connectivity index (χ4n) is 11.8. The van der Waals surface area contributed by atoms with Crippen molar-refractivity contribution in [2.75, 3.05) is 19.8 Å². The fraction of sp³-hybridized carbons (Fsp3) is 0.957. The van der Waals surface area contributed by atoms with E-state index >= 15 is 0 Å². The predicted molar refractivity (Wildman–Crippen MR) is 324 cm³/mol. The summed E-state index contributed by atoms with van der Waals surface area (Å²) in [7, 11) is 0. The summed E-state index contributed by atoms with van der Waals surface area (Å²) >= 11 is 0. The summed E-state index contributed by atoms with van der Waals surface area (Å²) in [5.74, 6) is -2.41. The van der Waals surface area contributed by atoms with Crippen LogP contribution in [0.3, 0.4) is 0 Å². The van der Waals surface area contributed by atoms with Crippen LogP contribution in [0.5, 0.6) is 0 Å². The van der Waals surface area contributed by atoms with Crippen LogP contribution in [0.2, 0.25) is 0 Å². The highest BCUT2D eigenvalue weighted by Crippen LogP contribution is 2.37. The quantitative estimate of drug-likeness (QED) is 0.0343. The number of carbonyl (C=O) groups is 3. The Morgan fingerprint density at radius 2 is 0.427 bits per heavy atom. The summed E-state index contributed by atoms with van der Waals surface area (Å²) in [5, 5.41) is 0. The van der Waals surface area contributed by atoms with Gasteiger partial charge in [-0.1, -0.05) is 348 Å². The van der Waals surface area contributed by atoms with Gasteiger partial charge in [-0.3, -0.25) is 14.4 Å². The third kappa shape index (κ3) is 48.1. The molecular formula is C69H132O6. The molecule has 0 aromatic carbocycles. The maximum Gasteiger partial charge on any atom is 0.309 e. The van der Waals surface area contributed by atoms with E-state index in [0.717, 1.165) is 38.5 Å². The largest absolute Gasteiger partial charge is 0.465 e. The van der Waals surface area contributed by atoms with E-state index in [1.807, 2.05) is 0 Å². The van der Waals surface area contributed by atoms with Gasteiger partial charge in [0.1, 0.15) is 0 Å². The van der Waals surface area contributed by atoms with Crippen LogP contribution in [0.4, 0.5) is 0 Å². The number of hydrogen-bond donors (Lipinski definition) is 0. The molecule has 6 nitrogen and oxygen atoms in total. The maximum atomic E-state index is 13.7. The van der Waals surface area contributed by atoms with Crippen molar-refractivity contribution in [3.8, 4) is 0 Å². The third-order valence-electron chi connectivity index (χ3n) is 17.0. The highest BCUT2D eigenvalue weighted by Gasteiger charge is 2.43. The second-order valence-corrected chi connectivity index (χ2v) is 24.3. The van der Waals surface area contributed by atoms with Crippen LogP contribution in [0.15, 0.2) is 0 Å². The summed E-state index contributed by atoms with van der Waals surface area (Å²) in [6.45, 7) is 8.09. The van der Waals surface area contributed by atoms with Crippen molar-refractivity contribution in [3.63, 3.8) is 0 Å². The summed E-state index contributed by atoms with van der Waals surface area (Å²) in [5.41, 5.74) is 0. The predicted octanol–water partition coefficient (Wildman–Crippen LogP) is 22.8. The second kappa shape index (κ2) is 58.6. The molecule has 0 amide bonds. The van der Waals surface area contributed by atoms with Gasteiger partial charge in [-0.05, 0) is 38.5 Å². The molecule has 0 bridgehead atoms. The van der Waals surface area contributed by atoms with Crippen molar-refractivity contribution in [2.45, 2.75) is 387 Å². The Bertz CT molecular complexity index is 1190. The van der Waals surface area contributed by atoms with Gasteiger partial charge in [0.05, 0.1) is 37.6 Å². The topological polar surface area (TPSA) is 78.9 Å². The molecule has 1 rings (SSSR count). The molecule has 0 heterocycles. The van der Waals surface area contributed by atoms with Crippen molar-refractivity contribution in [1.29, 1.82) is 0 Å². The maximum absolute atomic E-state index is 13.7. The molecule has 0 spiro atoms. The number of esters is 3. The molecule has 0 N–H and O–H groups in total. The van der Waals surface area contributed by atoms with Gasteiger partial charge < -0.3 is 14.2 Å². The molecule has 0 aromatic heterocycles. The monoisotopic (exact) mass is 1060 g/mol. The Hall–Kier alpha value is -1.59. The highest BCUT2D eigenvalue weighted by atomic mass is 16.5. The van der Waals surface area contributed by atoms with E-state index in [-0.39, 0.29) is 23.8 Å². The Morgan fingerprint density at radius 3 is 0.653 bits per heavy atom. The molecule has 1 aliphatic carbocycles. The zero-order chi connectivity index (χ0) is 54.0. The van der Waals surface area contributed by atoms with Crippen LogP contribution >= 0.6 is 0 Å². The van der Waals surface area contributed by atoms with Gasteiger partial charge in [0.15, 0.2) is 0 Å². The van der Waals surface area contributed by atoms with Gasteiger partial charge in [0.25, 0.3) is 0 Å². The molecule has 0 aliphatic heterocycles. The van der Waals surface area contributed by atoms with Crippen LogP contribution in [-0.2, 0) is 28.6 Å². The first-order chi connectivity index (χ1) is 37.0. The van der Waals surface area contributed by atoms with Crippen LogP contribution in [-0.4, -0.2) is 37.7 Å². The SMILES string of the molecule is CCCCCCCCCCCCCCCCCCCCOC(=O)C1CCC(C(=O)OCCCCCCCCCCCCCCCCCCCC)C(C(=O)OCCCCCCCCCCCCCCCCCCCC)C1. The molecule has 1 aliphatic rings. The minimum Gasteiger partial charge on any atom is -0.465 e. The van der Waals surface area contributed by atoms with Gasteiger partial charge >= 0.3 is 17.9 Å². The second-order valence-electron chi connectivity index (χ2n) is 24.3. The van der Waals surface area contributed by atoms with E-state index in [4.69, 9.17) is 14.2 Å². The van der Waals surface area contributed by atoms with Crippen LogP contribution < -0.4 is 0 Å². The molecule has 1 saturated carbocycles. The summed E-state index contributed by atoms with van der Waals surface area (Å²) in [4.78, 5) is 40.5. The van der Waals surface area contributed by atoms with E-state index in [1.165, 1.54) is 308 Å². The van der Waals surface area contributed by atoms with Gasteiger partial charge in [-0.25, -0.2) is 0 Å². The van der Waals surface area contributed by atoms with Gasteiger partial charge in [-0.15, -0.1) is 0 Å². The smallest absolute Gasteiger partial charge is 0.309 e. The number of rotatable bonds is 60. The van der Waals surface area contributed by atoms with E-state index in [2.05, 4.69) is 20.8 Å². The zero-order valence-electron chi connectivity index (χ0n) is 51.1.